The summed E-state index contributed by atoms with van der Waals surface area (Å²) in [6.07, 6.45) is 8.18. The van der Waals surface area contributed by atoms with Gasteiger partial charge in [0.15, 0.2) is 0 Å². The van der Waals surface area contributed by atoms with Gasteiger partial charge < -0.3 is 4.43 Å². The molecular weight excluding hydrogens is 140 g/mol. The molecule has 1 nitrogen and oxygen atoms in total. The Hall–Kier alpha value is -0.0831. The molecule has 0 aromatic heterocycles. The summed E-state index contributed by atoms with van der Waals surface area (Å²) in [6, 6.07) is 0. The first-order chi connectivity index (χ1) is 4.86. The molecular formula is C8H16OSi. The second kappa shape index (κ2) is 3.94. The topological polar surface area (TPSA) is 9.23 Å². The van der Waals surface area contributed by atoms with Crippen LogP contribution in [0, 0.1) is 5.92 Å². The van der Waals surface area contributed by atoms with Crippen LogP contribution >= 0.6 is 0 Å². The Morgan fingerprint density at radius 1 is 1.70 bits per heavy atom. The monoisotopic (exact) mass is 156 g/mol. The van der Waals surface area contributed by atoms with Crippen LogP contribution in [-0.4, -0.2) is 17.6 Å². The Labute approximate surface area is 66.0 Å². The van der Waals surface area contributed by atoms with Gasteiger partial charge in [0.25, 0.3) is 0 Å². The summed E-state index contributed by atoms with van der Waals surface area (Å²) in [7, 11) is 2.56. The smallest absolute Gasteiger partial charge is 0.145 e. The van der Waals surface area contributed by atoms with E-state index in [9.17, 15) is 0 Å². The summed E-state index contributed by atoms with van der Waals surface area (Å²) in [5.41, 5.74) is 1.74. The maximum absolute atomic E-state index is 4.39. The zero-order valence-corrected chi connectivity index (χ0v) is 8.89. The van der Waals surface area contributed by atoms with Crippen molar-refractivity contribution in [1.82, 2.24) is 0 Å². The molecule has 2 aliphatic carbocycles. The summed E-state index contributed by atoms with van der Waals surface area (Å²) in [6.45, 7) is 0. The molecule has 0 spiro atoms. The number of fused-ring (bicyclic) bond motifs is 2. The lowest BCUT2D eigenvalue weighted by atomic mass is 10.1. The van der Waals surface area contributed by atoms with E-state index in [1.54, 1.807) is 12.7 Å². The molecule has 10 heavy (non-hydrogen) atoms. The number of hydrogen-bond acceptors (Lipinski definition) is 1. The normalized spacial score (nSPS) is 27.7. The molecule has 0 radical (unpaired) electrons. The lowest BCUT2D eigenvalue weighted by Crippen LogP contribution is -1.85. The van der Waals surface area contributed by atoms with E-state index in [2.05, 4.69) is 10.5 Å². The van der Waals surface area contributed by atoms with E-state index < -0.39 is 0 Å². The van der Waals surface area contributed by atoms with Crippen LogP contribution in [0.2, 0.25) is 0 Å². The van der Waals surface area contributed by atoms with Gasteiger partial charge in [-0.1, -0.05) is 11.6 Å². The van der Waals surface area contributed by atoms with Crippen molar-refractivity contribution in [3.63, 3.8) is 0 Å². The largest absolute Gasteiger partial charge is 0.431 e. The molecule has 0 aliphatic heterocycles. The van der Waals surface area contributed by atoms with E-state index in [0.717, 1.165) is 16.4 Å². The fraction of sp³-hybridized carbons (Fsp3) is 0.750. The standard InChI is InChI=1S/C7H10.CH6OSi/c1-2-7-4-3-6(1)5-7;1-2-3/h1,7H,2-5H2;1,3H3. The molecule has 0 amide bonds. The van der Waals surface area contributed by atoms with Crippen LogP contribution in [0.3, 0.4) is 0 Å². The van der Waals surface area contributed by atoms with Crippen LogP contribution < -0.4 is 0 Å². The van der Waals surface area contributed by atoms with Crippen LogP contribution in [0.15, 0.2) is 11.6 Å². The number of rotatable bonds is 0. The highest BCUT2D eigenvalue weighted by Gasteiger charge is 2.22. The van der Waals surface area contributed by atoms with Gasteiger partial charge in [-0.15, -0.1) is 0 Å². The van der Waals surface area contributed by atoms with Gasteiger partial charge in [-0.05, 0) is 31.6 Å². The van der Waals surface area contributed by atoms with Crippen molar-refractivity contribution in [2.75, 3.05) is 7.11 Å². The minimum absolute atomic E-state index is 0.869. The van der Waals surface area contributed by atoms with E-state index in [1.807, 2.05) is 0 Å². The van der Waals surface area contributed by atoms with Crippen molar-refractivity contribution < 1.29 is 4.43 Å². The third-order valence-electron chi connectivity index (χ3n) is 2.16. The number of allylic oxidation sites excluding steroid dienone is 2. The molecule has 2 heteroatoms. The maximum Gasteiger partial charge on any atom is 0.145 e. The summed E-state index contributed by atoms with van der Waals surface area (Å²) in [5, 5.41) is 0. The zero-order valence-electron chi connectivity index (χ0n) is 6.89. The van der Waals surface area contributed by atoms with Gasteiger partial charge >= 0.3 is 0 Å². The Morgan fingerprint density at radius 3 is 2.50 bits per heavy atom. The Bertz CT molecular complexity index is 131. The zero-order chi connectivity index (χ0) is 7.40. The summed E-state index contributed by atoms with van der Waals surface area (Å²) in [4.78, 5) is 0. The van der Waals surface area contributed by atoms with Crippen LogP contribution in [-0.2, 0) is 4.43 Å². The maximum atomic E-state index is 4.39. The highest BCUT2D eigenvalue weighted by atomic mass is 28.2. The van der Waals surface area contributed by atoms with Crippen LogP contribution in [0.5, 0.6) is 0 Å². The molecule has 1 atom stereocenters. The van der Waals surface area contributed by atoms with Gasteiger partial charge in [0, 0.05) is 7.11 Å². The van der Waals surface area contributed by atoms with Crippen LogP contribution in [0.4, 0.5) is 0 Å². The van der Waals surface area contributed by atoms with Crippen molar-refractivity contribution in [2.24, 2.45) is 5.92 Å². The quantitative estimate of drug-likeness (QED) is 0.376. The first kappa shape index (κ1) is 8.02. The van der Waals surface area contributed by atoms with Crippen molar-refractivity contribution >= 4 is 10.5 Å². The fourth-order valence-electron chi connectivity index (χ4n) is 1.68. The predicted octanol–water partition coefficient (Wildman–Crippen LogP) is 1.03. The van der Waals surface area contributed by atoms with Gasteiger partial charge in [-0.2, -0.15) is 0 Å². The molecule has 1 fully saturated rings. The lowest BCUT2D eigenvalue weighted by molar-refractivity contribution is 0.460. The number of hydrogen-bond donors (Lipinski definition) is 0. The second-order valence-electron chi connectivity index (χ2n) is 3.12. The van der Waals surface area contributed by atoms with Crippen molar-refractivity contribution in [3.8, 4) is 0 Å². The molecule has 1 saturated carbocycles. The molecule has 0 aromatic rings. The average molecular weight is 156 g/mol. The van der Waals surface area contributed by atoms with E-state index >= 15 is 0 Å². The lowest BCUT2D eigenvalue weighted by Gasteiger charge is -1.98. The highest BCUT2D eigenvalue weighted by Crippen LogP contribution is 2.38. The molecule has 2 bridgehead atoms. The molecule has 2 rings (SSSR count). The molecule has 0 N–H and O–H groups in total. The Kier molecular flexibility index (Phi) is 3.16. The highest BCUT2D eigenvalue weighted by molar-refractivity contribution is 5.97. The summed E-state index contributed by atoms with van der Waals surface area (Å²) < 4.78 is 4.39. The predicted molar refractivity (Wildman–Crippen MR) is 47.0 cm³/mol. The molecule has 0 heterocycles. The minimum atomic E-state index is 0.869. The van der Waals surface area contributed by atoms with Crippen LogP contribution in [0.1, 0.15) is 25.7 Å². The van der Waals surface area contributed by atoms with E-state index in [-0.39, 0.29) is 0 Å². The van der Waals surface area contributed by atoms with Crippen molar-refractivity contribution in [2.45, 2.75) is 25.7 Å². The fourth-order valence-corrected chi connectivity index (χ4v) is 1.68. The van der Waals surface area contributed by atoms with Crippen molar-refractivity contribution in [1.29, 1.82) is 0 Å². The molecule has 58 valence electrons. The molecule has 1 unspecified atom stereocenters. The van der Waals surface area contributed by atoms with Crippen LogP contribution in [0.25, 0.3) is 0 Å². The summed E-state index contributed by atoms with van der Waals surface area (Å²) in [5.74, 6) is 1.08. The van der Waals surface area contributed by atoms with Gasteiger partial charge in [0.05, 0.1) is 0 Å². The Balaban J connectivity index is 0.000000148. The van der Waals surface area contributed by atoms with E-state index in [4.69, 9.17) is 0 Å². The molecule has 0 saturated heterocycles. The summed E-state index contributed by atoms with van der Waals surface area (Å²) >= 11 is 0. The minimum Gasteiger partial charge on any atom is -0.431 e. The average Bonchev–Trinajstić information content (AvgIpc) is 2.49. The van der Waals surface area contributed by atoms with Gasteiger partial charge in [-0.3, -0.25) is 0 Å². The van der Waals surface area contributed by atoms with E-state index in [0.29, 0.717) is 0 Å². The van der Waals surface area contributed by atoms with Gasteiger partial charge in [0.1, 0.15) is 10.5 Å². The SMILES string of the molecule is C1=C2CCC(C1)C2.CO[SiH3]. The Morgan fingerprint density at radius 2 is 2.40 bits per heavy atom. The second-order valence-corrected chi connectivity index (χ2v) is 3.93. The molecule has 0 aromatic carbocycles. The van der Waals surface area contributed by atoms with Crippen molar-refractivity contribution in [3.05, 3.63) is 11.6 Å². The first-order valence-electron chi connectivity index (χ1n) is 3.95. The van der Waals surface area contributed by atoms with Gasteiger partial charge in [0.2, 0.25) is 0 Å². The molecule has 2 aliphatic rings. The first-order valence-corrected chi connectivity index (χ1v) is 4.76. The van der Waals surface area contributed by atoms with Gasteiger partial charge in [-0.25, -0.2) is 0 Å². The van der Waals surface area contributed by atoms with E-state index in [1.165, 1.54) is 25.7 Å². The third-order valence-corrected chi connectivity index (χ3v) is 2.16. The third kappa shape index (κ3) is 1.96.